The molecule has 1 aliphatic rings. The number of ether oxygens (including phenoxy) is 1. The monoisotopic (exact) mass is 358 g/mol. The van der Waals surface area contributed by atoms with Crippen LogP contribution in [0.3, 0.4) is 0 Å². The average molecular weight is 359 g/mol. The Bertz CT molecular complexity index is 637. The standard InChI is InChI=1S/C21H27ClN2O/c1-25-17-21(23-20-5-3-2-4-6-20)12-15-24(16-13-21)14-11-18-7-9-19(22)10-8-18/h2-10,23H,11-17H2,1H3. The highest BCUT2D eigenvalue weighted by Crippen LogP contribution is 2.27. The summed E-state index contributed by atoms with van der Waals surface area (Å²) >= 11 is 5.96. The van der Waals surface area contributed by atoms with Crippen molar-refractivity contribution in [3.8, 4) is 0 Å². The van der Waals surface area contributed by atoms with Gasteiger partial charge in [0.15, 0.2) is 0 Å². The summed E-state index contributed by atoms with van der Waals surface area (Å²) in [5.74, 6) is 0. The van der Waals surface area contributed by atoms with Crippen molar-refractivity contribution >= 4 is 17.3 Å². The smallest absolute Gasteiger partial charge is 0.0693 e. The van der Waals surface area contributed by atoms with Crippen molar-refractivity contribution in [1.82, 2.24) is 4.90 Å². The first-order chi connectivity index (χ1) is 12.2. The van der Waals surface area contributed by atoms with E-state index in [-0.39, 0.29) is 5.54 Å². The Balaban J connectivity index is 1.53. The van der Waals surface area contributed by atoms with Gasteiger partial charge >= 0.3 is 0 Å². The van der Waals surface area contributed by atoms with Gasteiger partial charge in [0.25, 0.3) is 0 Å². The molecule has 4 heteroatoms. The summed E-state index contributed by atoms with van der Waals surface area (Å²) in [5.41, 5.74) is 2.56. The van der Waals surface area contributed by atoms with E-state index >= 15 is 0 Å². The third kappa shape index (κ3) is 5.21. The zero-order valence-electron chi connectivity index (χ0n) is 14.9. The maximum absolute atomic E-state index is 5.96. The van der Waals surface area contributed by atoms with Gasteiger partial charge in [-0.2, -0.15) is 0 Å². The Morgan fingerprint density at radius 3 is 2.36 bits per heavy atom. The van der Waals surface area contributed by atoms with Crippen molar-refractivity contribution in [1.29, 1.82) is 0 Å². The SMILES string of the molecule is COCC1(Nc2ccccc2)CCN(CCc2ccc(Cl)cc2)CC1. The van der Waals surface area contributed by atoms with Crippen molar-refractivity contribution in [3.63, 3.8) is 0 Å². The largest absolute Gasteiger partial charge is 0.382 e. The summed E-state index contributed by atoms with van der Waals surface area (Å²) < 4.78 is 5.54. The van der Waals surface area contributed by atoms with Crippen molar-refractivity contribution in [2.24, 2.45) is 0 Å². The van der Waals surface area contributed by atoms with Crippen LogP contribution in [0.25, 0.3) is 0 Å². The Morgan fingerprint density at radius 2 is 1.72 bits per heavy atom. The molecular formula is C21H27ClN2O. The molecule has 25 heavy (non-hydrogen) atoms. The molecule has 0 bridgehead atoms. The van der Waals surface area contributed by atoms with E-state index < -0.39 is 0 Å². The molecule has 0 amide bonds. The summed E-state index contributed by atoms with van der Waals surface area (Å²) in [6.45, 7) is 4.02. The minimum atomic E-state index is 0.0346. The highest BCUT2D eigenvalue weighted by Gasteiger charge is 2.34. The summed E-state index contributed by atoms with van der Waals surface area (Å²) in [7, 11) is 1.79. The first-order valence-electron chi connectivity index (χ1n) is 8.98. The predicted molar refractivity (Wildman–Crippen MR) is 106 cm³/mol. The molecule has 0 aromatic heterocycles. The van der Waals surface area contributed by atoms with Gasteiger partial charge in [-0.15, -0.1) is 0 Å². The molecule has 0 unspecified atom stereocenters. The molecule has 1 heterocycles. The number of para-hydroxylation sites is 1. The van der Waals surface area contributed by atoms with Gasteiger partial charge in [0.2, 0.25) is 0 Å². The molecule has 0 radical (unpaired) electrons. The van der Waals surface area contributed by atoms with Crippen LogP contribution < -0.4 is 5.32 Å². The number of halogens is 1. The summed E-state index contributed by atoms with van der Waals surface area (Å²) in [6.07, 6.45) is 3.26. The van der Waals surface area contributed by atoms with E-state index in [0.29, 0.717) is 0 Å². The van der Waals surface area contributed by atoms with E-state index in [4.69, 9.17) is 16.3 Å². The maximum atomic E-state index is 5.96. The minimum Gasteiger partial charge on any atom is -0.382 e. The summed E-state index contributed by atoms with van der Waals surface area (Å²) in [5, 5.41) is 4.53. The first kappa shape index (κ1) is 18.2. The molecule has 1 aliphatic heterocycles. The number of nitrogens with one attached hydrogen (secondary N) is 1. The molecule has 134 valence electrons. The van der Waals surface area contributed by atoms with Crippen molar-refractivity contribution in [2.45, 2.75) is 24.8 Å². The molecule has 3 nitrogen and oxygen atoms in total. The van der Waals surface area contributed by atoms with Crippen LogP contribution in [-0.4, -0.2) is 43.8 Å². The number of benzene rings is 2. The molecule has 2 aromatic carbocycles. The third-order valence-electron chi connectivity index (χ3n) is 5.05. The Labute approximate surface area is 155 Å². The van der Waals surface area contributed by atoms with Crippen LogP contribution in [0.1, 0.15) is 18.4 Å². The quantitative estimate of drug-likeness (QED) is 0.790. The van der Waals surface area contributed by atoms with Gasteiger partial charge in [0.05, 0.1) is 12.1 Å². The number of nitrogens with zero attached hydrogens (tertiary/aromatic N) is 1. The molecule has 1 N–H and O–H groups in total. The van der Waals surface area contributed by atoms with E-state index in [2.05, 4.69) is 46.6 Å². The summed E-state index contributed by atoms with van der Waals surface area (Å²) in [6, 6.07) is 18.6. The second-order valence-electron chi connectivity index (χ2n) is 6.92. The number of anilines is 1. The van der Waals surface area contributed by atoms with Crippen LogP contribution in [0.5, 0.6) is 0 Å². The van der Waals surface area contributed by atoms with Crippen molar-refractivity contribution < 1.29 is 4.74 Å². The molecule has 0 atom stereocenters. The van der Waals surface area contributed by atoms with Crippen LogP contribution in [0, 0.1) is 0 Å². The lowest BCUT2D eigenvalue weighted by atomic mass is 9.87. The second kappa shape index (κ2) is 8.70. The van der Waals surface area contributed by atoms with E-state index in [1.165, 1.54) is 11.3 Å². The molecular weight excluding hydrogens is 332 g/mol. The number of likely N-dealkylation sites (tertiary alicyclic amines) is 1. The minimum absolute atomic E-state index is 0.0346. The molecule has 0 saturated carbocycles. The molecule has 0 spiro atoms. The number of hydrogen-bond donors (Lipinski definition) is 1. The fourth-order valence-electron chi connectivity index (χ4n) is 3.55. The molecule has 2 aromatic rings. The van der Waals surface area contributed by atoms with Crippen molar-refractivity contribution in [3.05, 3.63) is 65.2 Å². The average Bonchev–Trinajstić information content (AvgIpc) is 2.64. The van der Waals surface area contributed by atoms with Gasteiger partial charge in [-0.05, 0) is 49.1 Å². The van der Waals surface area contributed by atoms with E-state index in [1.54, 1.807) is 7.11 Å². The fraction of sp³-hybridized carbons (Fsp3) is 0.429. The zero-order chi connectivity index (χ0) is 17.5. The Hall–Kier alpha value is -1.55. The number of methoxy groups -OCH3 is 1. The normalized spacial score (nSPS) is 17.4. The third-order valence-corrected chi connectivity index (χ3v) is 5.30. The van der Waals surface area contributed by atoms with E-state index in [9.17, 15) is 0 Å². The second-order valence-corrected chi connectivity index (χ2v) is 7.36. The van der Waals surface area contributed by atoms with Gasteiger partial charge in [-0.3, -0.25) is 0 Å². The maximum Gasteiger partial charge on any atom is 0.0693 e. The van der Waals surface area contributed by atoms with E-state index in [0.717, 1.165) is 50.5 Å². The van der Waals surface area contributed by atoms with Crippen LogP contribution >= 0.6 is 11.6 Å². The molecule has 1 saturated heterocycles. The number of hydrogen-bond acceptors (Lipinski definition) is 3. The van der Waals surface area contributed by atoms with Gasteiger partial charge < -0.3 is 15.0 Å². The molecule has 0 aliphatic carbocycles. The van der Waals surface area contributed by atoms with E-state index in [1.807, 2.05) is 18.2 Å². The number of rotatable bonds is 7. The van der Waals surface area contributed by atoms with Gasteiger partial charge in [-0.25, -0.2) is 0 Å². The highest BCUT2D eigenvalue weighted by molar-refractivity contribution is 6.30. The topological polar surface area (TPSA) is 24.5 Å². The fourth-order valence-corrected chi connectivity index (χ4v) is 3.68. The molecule has 3 rings (SSSR count). The Morgan fingerprint density at radius 1 is 1.04 bits per heavy atom. The van der Waals surface area contributed by atoms with Gasteiger partial charge in [-0.1, -0.05) is 41.9 Å². The van der Waals surface area contributed by atoms with Gasteiger partial charge in [0, 0.05) is 37.5 Å². The van der Waals surface area contributed by atoms with Crippen LogP contribution in [0.2, 0.25) is 5.02 Å². The van der Waals surface area contributed by atoms with Crippen LogP contribution in [0.15, 0.2) is 54.6 Å². The lowest BCUT2D eigenvalue weighted by Gasteiger charge is -2.42. The predicted octanol–water partition coefficient (Wildman–Crippen LogP) is 4.48. The zero-order valence-corrected chi connectivity index (χ0v) is 15.6. The highest BCUT2D eigenvalue weighted by atomic mass is 35.5. The Kier molecular flexibility index (Phi) is 6.35. The van der Waals surface area contributed by atoms with Crippen molar-refractivity contribution in [2.75, 3.05) is 38.7 Å². The summed E-state index contributed by atoms with van der Waals surface area (Å²) in [4.78, 5) is 2.55. The lowest BCUT2D eigenvalue weighted by molar-refractivity contribution is 0.0891. The van der Waals surface area contributed by atoms with Gasteiger partial charge in [0.1, 0.15) is 0 Å². The lowest BCUT2D eigenvalue weighted by Crippen LogP contribution is -2.52. The van der Waals surface area contributed by atoms with Crippen LogP contribution in [0.4, 0.5) is 5.69 Å². The molecule has 1 fully saturated rings. The number of piperidine rings is 1. The van der Waals surface area contributed by atoms with Crippen LogP contribution in [-0.2, 0) is 11.2 Å². The first-order valence-corrected chi connectivity index (χ1v) is 9.36.